The van der Waals surface area contributed by atoms with Crippen LogP contribution in [0.3, 0.4) is 0 Å². The van der Waals surface area contributed by atoms with E-state index in [-0.39, 0.29) is 23.7 Å². The van der Waals surface area contributed by atoms with Crippen molar-refractivity contribution >= 4 is 11.7 Å². The molecule has 1 fully saturated rings. The number of rotatable bonds is 4. The van der Waals surface area contributed by atoms with E-state index in [0.29, 0.717) is 6.42 Å². The Labute approximate surface area is 100.0 Å². The molecule has 1 aliphatic rings. The van der Waals surface area contributed by atoms with Crippen LogP contribution < -0.4 is 5.32 Å². The fourth-order valence-corrected chi connectivity index (χ4v) is 2.32. The van der Waals surface area contributed by atoms with Crippen molar-refractivity contribution in [3.05, 3.63) is 18.0 Å². The summed E-state index contributed by atoms with van der Waals surface area (Å²) in [7, 11) is 0. The van der Waals surface area contributed by atoms with Crippen molar-refractivity contribution in [3.63, 3.8) is 0 Å². The first-order valence-electron chi connectivity index (χ1n) is 5.93. The Morgan fingerprint density at radius 2 is 2.35 bits per heavy atom. The van der Waals surface area contributed by atoms with Crippen molar-refractivity contribution in [3.8, 4) is 0 Å². The second-order valence-corrected chi connectivity index (χ2v) is 4.64. The Morgan fingerprint density at radius 3 is 2.94 bits per heavy atom. The van der Waals surface area contributed by atoms with Crippen LogP contribution in [0.1, 0.15) is 31.9 Å². The summed E-state index contributed by atoms with van der Waals surface area (Å²) in [5.41, 5.74) is 0.809. The molecular weight excluding hydrogens is 218 g/mol. The number of ketones is 1. The summed E-state index contributed by atoms with van der Waals surface area (Å²) in [6.45, 7) is 1.62. The SMILES string of the molecule is CC(=O)[C@@H]1CC[C@@H](NC(=O)Cc2ccn[nH]2)C1. The fourth-order valence-electron chi connectivity index (χ4n) is 2.32. The molecule has 1 amide bonds. The Balaban J connectivity index is 1.78. The molecule has 1 aromatic rings. The lowest BCUT2D eigenvalue weighted by Gasteiger charge is -2.12. The monoisotopic (exact) mass is 235 g/mol. The van der Waals surface area contributed by atoms with Gasteiger partial charge in [0.2, 0.25) is 5.91 Å². The van der Waals surface area contributed by atoms with Crippen LogP contribution >= 0.6 is 0 Å². The van der Waals surface area contributed by atoms with Crippen molar-refractivity contribution in [2.24, 2.45) is 5.92 Å². The minimum Gasteiger partial charge on any atom is -0.353 e. The van der Waals surface area contributed by atoms with Crippen LogP contribution in [0, 0.1) is 5.92 Å². The number of aromatic nitrogens is 2. The molecule has 1 aliphatic carbocycles. The van der Waals surface area contributed by atoms with E-state index in [4.69, 9.17) is 0 Å². The van der Waals surface area contributed by atoms with Crippen molar-refractivity contribution < 1.29 is 9.59 Å². The maximum atomic E-state index is 11.7. The number of carbonyl (C=O) groups is 2. The molecule has 1 heterocycles. The van der Waals surface area contributed by atoms with Crippen LogP contribution in [0.4, 0.5) is 0 Å². The average molecular weight is 235 g/mol. The summed E-state index contributed by atoms with van der Waals surface area (Å²) in [5.74, 6) is 0.353. The van der Waals surface area contributed by atoms with E-state index in [1.807, 2.05) is 0 Å². The van der Waals surface area contributed by atoms with Crippen molar-refractivity contribution in [1.82, 2.24) is 15.5 Å². The van der Waals surface area contributed by atoms with Gasteiger partial charge in [0.1, 0.15) is 5.78 Å². The van der Waals surface area contributed by atoms with Crippen LogP contribution in [-0.2, 0) is 16.0 Å². The first-order valence-corrected chi connectivity index (χ1v) is 5.93. The molecular formula is C12H17N3O2. The first kappa shape index (κ1) is 11.8. The predicted octanol–water partition coefficient (Wildman–Crippen LogP) is 0.826. The van der Waals surface area contributed by atoms with E-state index in [1.54, 1.807) is 19.2 Å². The van der Waals surface area contributed by atoms with E-state index in [9.17, 15) is 9.59 Å². The molecule has 5 nitrogen and oxygen atoms in total. The van der Waals surface area contributed by atoms with Gasteiger partial charge >= 0.3 is 0 Å². The fraction of sp³-hybridized carbons (Fsp3) is 0.583. The lowest BCUT2D eigenvalue weighted by atomic mass is 10.0. The van der Waals surface area contributed by atoms with Gasteiger partial charge in [-0.15, -0.1) is 0 Å². The maximum absolute atomic E-state index is 11.7. The van der Waals surface area contributed by atoms with E-state index >= 15 is 0 Å². The van der Waals surface area contributed by atoms with E-state index < -0.39 is 0 Å². The molecule has 1 aromatic heterocycles. The summed E-state index contributed by atoms with van der Waals surface area (Å²) >= 11 is 0. The van der Waals surface area contributed by atoms with Crippen LogP contribution in [0.5, 0.6) is 0 Å². The van der Waals surface area contributed by atoms with E-state index in [2.05, 4.69) is 15.5 Å². The number of nitrogens with zero attached hydrogens (tertiary/aromatic N) is 1. The van der Waals surface area contributed by atoms with Gasteiger partial charge in [-0.1, -0.05) is 0 Å². The predicted molar refractivity (Wildman–Crippen MR) is 62.2 cm³/mol. The van der Waals surface area contributed by atoms with Crippen molar-refractivity contribution in [2.45, 2.75) is 38.6 Å². The van der Waals surface area contributed by atoms with Gasteiger partial charge in [0.05, 0.1) is 6.42 Å². The van der Waals surface area contributed by atoms with Gasteiger partial charge in [0, 0.05) is 23.9 Å². The number of hydrogen-bond donors (Lipinski definition) is 2. The molecule has 92 valence electrons. The third kappa shape index (κ3) is 3.15. The molecule has 2 rings (SSSR count). The topological polar surface area (TPSA) is 74.8 Å². The molecule has 0 saturated heterocycles. The molecule has 0 bridgehead atoms. The van der Waals surface area contributed by atoms with Crippen molar-refractivity contribution in [2.75, 3.05) is 0 Å². The maximum Gasteiger partial charge on any atom is 0.226 e. The number of H-pyrrole nitrogens is 1. The quantitative estimate of drug-likeness (QED) is 0.811. The first-order chi connectivity index (χ1) is 8.15. The normalized spacial score (nSPS) is 23.6. The van der Waals surface area contributed by atoms with Crippen LogP contribution in [-0.4, -0.2) is 27.9 Å². The largest absolute Gasteiger partial charge is 0.353 e. The summed E-state index contributed by atoms with van der Waals surface area (Å²) < 4.78 is 0. The highest BCUT2D eigenvalue weighted by atomic mass is 16.1. The summed E-state index contributed by atoms with van der Waals surface area (Å²) in [6, 6.07) is 1.94. The number of aromatic amines is 1. The number of nitrogens with one attached hydrogen (secondary N) is 2. The standard InChI is InChI=1S/C12H17N3O2/c1-8(16)9-2-3-10(6-9)14-12(17)7-11-4-5-13-15-11/h4-5,9-10H,2-3,6-7H2,1H3,(H,13,15)(H,14,17)/t9-,10-/m1/s1. The zero-order valence-electron chi connectivity index (χ0n) is 9.90. The molecule has 2 atom stereocenters. The third-order valence-corrected chi connectivity index (χ3v) is 3.28. The second kappa shape index (κ2) is 5.12. The number of Topliss-reactive ketones (excluding diaryl/α,β-unsaturated/α-hetero) is 1. The number of hydrogen-bond acceptors (Lipinski definition) is 3. The molecule has 17 heavy (non-hydrogen) atoms. The summed E-state index contributed by atoms with van der Waals surface area (Å²) in [6.07, 6.45) is 4.53. The smallest absolute Gasteiger partial charge is 0.226 e. The minimum atomic E-state index is -0.0107. The Morgan fingerprint density at radius 1 is 1.53 bits per heavy atom. The summed E-state index contributed by atoms with van der Waals surface area (Å²) in [4.78, 5) is 22.9. The lowest BCUT2D eigenvalue weighted by Crippen LogP contribution is -2.34. The van der Waals surface area contributed by atoms with E-state index in [1.165, 1.54) is 0 Å². The Bertz CT molecular complexity index is 400. The molecule has 0 aromatic carbocycles. The van der Waals surface area contributed by atoms with Crippen molar-refractivity contribution in [1.29, 1.82) is 0 Å². The zero-order chi connectivity index (χ0) is 12.3. The van der Waals surface area contributed by atoms with Crippen LogP contribution in [0.2, 0.25) is 0 Å². The number of amides is 1. The van der Waals surface area contributed by atoms with Gasteiger partial charge in [-0.2, -0.15) is 5.10 Å². The molecule has 1 saturated carbocycles. The van der Waals surface area contributed by atoms with Gasteiger partial charge in [-0.25, -0.2) is 0 Å². The second-order valence-electron chi connectivity index (χ2n) is 4.64. The molecule has 0 spiro atoms. The third-order valence-electron chi connectivity index (χ3n) is 3.28. The molecule has 2 N–H and O–H groups in total. The molecule has 0 aliphatic heterocycles. The van der Waals surface area contributed by atoms with Gasteiger partial charge < -0.3 is 5.32 Å². The van der Waals surface area contributed by atoms with Gasteiger partial charge in [0.15, 0.2) is 0 Å². The minimum absolute atomic E-state index is 0.0107. The van der Waals surface area contributed by atoms with Gasteiger partial charge in [-0.3, -0.25) is 14.7 Å². The lowest BCUT2D eigenvalue weighted by molar-refractivity contribution is -0.122. The Hall–Kier alpha value is -1.65. The zero-order valence-corrected chi connectivity index (χ0v) is 9.90. The van der Waals surface area contributed by atoms with Crippen LogP contribution in [0.25, 0.3) is 0 Å². The van der Waals surface area contributed by atoms with Crippen LogP contribution in [0.15, 0.2) is 12.3 Å². The number of carbonyl (C=O) groups excluding carboxylic acids is 2. The molecule has 5 heteroatoms. The highest BCUT2D eigenvalue weighted by Crippen LogP contribution is 2.26. The highest BCUT2D eigenvalue weighted by Gasteiger charge is 2.28. The highest BCUT2D eigenvalue weighted by molar-refractivity contribution is 5.80. The molecule has 0 radical (unpaired) electrons. The van der Waals surface area contributed by atoms with Gasteiger partial charge in [0.25, 0.3) is 0 Å². The molecule has 0 unspecified atom stereocenters. The summed E-state index contributed by atoms with van der Waals surface area (Å²) in [5, 5.41) is 9.51. The van der Waals surface area contributed by atoms with E-state index in [0.717, 1.165) is 25.0 Å². The Kier molecular flexibility index (Phi) is 3.56. The van der Waals surface area contributed by atoms with Gasteiger partial charge in [-0.05, 0) is 32.3 Å². The average Bonchev–Trinajstić information content (AvgIpc) is 2.88.